The SMILES string of the molecule is NCc1cnc(CCN2CCCCCC2)s1. The van der Waals surface area contributed by atoms with Gasteiger partial charge in [-0.2, -0.15) is 0 Å². The van der Waals surface area contributed by atoms with Crippen LogP contribution in [0.1, 0.15) is 35.6 Å². The highest BCUT2D eigenvalue weighted by Gasteiger charge is 2.09. The number of nitrogens with zero attached hydrogens (tertiary/aromatic N) is 2. The van der Waals surface area contributed by atoms with Crippen LogP contribution in [0.3, 0.4) is 0 Å². The van der Waals surface area contributed by atoms with Gasteiger partial charge in [-0.1, -0.05) is 12.8 Å². The van der Waals surface area contributed by atoms with E-state index in [1.165, 1.54) is 48.7 Å². The van der Waals surface area contributed by atoms with Crippen LogP contribution in [0.15, 0.2) is 6.20 Å². The number of hydrogen-bond donors (Lipinski definition) is 1. The minimum Gasteiger partial charge on any atom is -0.326 e. The molecule has 0 atom stereocenters. The fraction of sp³-hybridized carbons (Fsp3) is 0.750. The topological polar surface area (TPSA) is 42.1 Å². The van der Waals surface area contributed by atoms with Crippen molar-refractivity contribution < 1.29 is 0 Å². The molecule has 16 heavy (non-hydrogen) atoms. The van der Waals surface area contributed by atoms with Gasteiger partial charge < -0.3 is 10.6 Å². The third-order valence-electron chi connectivity index (χ3n) is 3.14. The van der Waals surface area contributed by atoms with Crippen molar-refractivity contribution in [3.8, 4) is 0 Å². The van der Waals surface area contributed by atoms with Crippen LogP contribution >= 0.6 is 11.3 Å². The molecule has 3 nitrogen and oxygen atoms in total. The Morgan fingerprint density at radius 3 is 2.62 bits per heavy atom. The van der Waals surface area contributed by atoms with Crippen molar-refractivity contribution in [2.24, 2.45) is 5.73 Å². The lowest BCUT2D eigenvalue weighted by Gasteiger charge is -2.18. The first-order chi connectivity index (χ1) is 7.88. The van der Waals surface area contributed by atoms with E-state index in [0.29, 0.717) is 6.54 Å². The molecule has 2 heterocycles. The summed E-state index contributed by atoms with van der Waals surface area (Å²) in [6.45, 7) is 4.34. The molecule has 0 bridgehead atoms. The quantitative estimate of drug-likeness (QED) is 0.874. The van der Waals surface area contributed by atoms with Crippen molar-refractivity contribution in [2.75, 3.05) is 19.6 Å². The minimum absolute atomic E-state index is 0.626. The molecule has 0 spiro atoms. The second-order valence-corrected chi connectivity index (χ2v) is 5.63. The average Bonchev–Trinajstić information content (AvgIpc) is 2.61. The fourth-order valence-electron chi connectivity index (χ4n) is 2.17. The number of rotatable bonds is 4. The summed E-state index contributed by atoms with van der Waals surface area (Å²) in [4.78, 5) is 8.19. The molecular weight excluding hydrogens is 218 g/mol. The second kappa shape index (κ2) is 6.33. The Morgan fingerprint density at radius 1 is 1.25 bits per heavy atom. The van der Waals surface area contributed by atoms with Crippen LogP contribution in [-0.4, -0.2) is 29.5 Å². The van der Waals surface area contributed by atoms with E-state index in [4.69, 9.17) is 5.73 Å². The molecule has 1 saturated heterocycles. The summed E-state index contributed by atoms with van der Waals surface area (Å²) < 4.78 is 0. The molecule has 2 rings (SSSR count). The van der Waals surface area contributed by atoms with Crippen LogP contribution in [0.25, 0.3) is 0 Å². The normalized spacial score (nSPS) is 18.6. The lowest BCUT2D eigenvalue weighted by atomic mass is 10.2. The van der Waals surface area contributed by atoms with Gasteiger partial charge in [0.1, 0.15) is 0 Å². The van der Waals surface area contributed by atoms with Gasteiger partial charge in [0.2, 0.25) is 0 Å². The molecule has 0 radical (unpaired) electrons. The standard InChI is InChI=1S/C12H21N3S/c13-9-11-10-14-12(16-11)5-8-15-6-3-1-2-4-7-15/h10H,1-9,13H2. The number of hydrogen-bond acceptors (Lipinski definition) is 4. The van der Waals surface area contributed by atoms with Gasteiger partial charge in [0, 0.05) is 30.6 Å². The first-order valence-corrected chi connectivity index (χ1v) is 7.06. The van der Waals surface area contributed by atoms with Crippen LogP contribution in [-0.2, 0) is 13.0 Å². The molecule has 1 fully saturated rings. The molecule has 0 aromatic carbocycles. The average molecular weight is 239 g/mol. The Bertz CT molecular complexity index is 303. The molecule has 0 unspecified atom stereocenters. The molecule has 0 amide bonds. The number of aromatic nitrogens is 1. The maximum atomic E-state index is 5.58. The third kappa shape index (κ3) is 3.54. The Morgan fingerprint density at radius 2 is 2.00 bits per heavy atom. The third-order valence-corrected chi connectivity index (χ3v) is 4.22. The first kappa shape index (κ1) is 12.0. The highest BCUT2D eigenvalue weighted by molar-refractivity contribution is 7.11. The van der Waals surface area contributed by atoms with Gasteiger partial charge in [-0.15, -0.1) is 11.3 Å². The largest absolute Gasteiger partial charge is 0.326 e. The molecule has 0 saturated carbocycles. The predicted octanol–water partition coefficient (Wildman–Crippen LogP) is 2.02. The number of nitrogens with two attached hydrogens (primary N) is 1. The highest BCUT2D eigenvalue weighted by atomic mass is 32.1. The van der Waals surface area contributed by atoms with E-state index >= 15 is 0 Å². The van der Waals surface area contributed by atoms with E-state index in [0.717, 1.165) is 13.0 Å². The molecular formula is C12H21N3S. The highest BCUT2D eigenvalue weighted by Crippen LogP contribution is 2.14. The summed E-state index contributed by atoms with van der Waals surface area (Å²) in [6.07, 6.45) is 8.56. The Kier molecular flexibility index (Phi) is 4.75. The zero-order valence-corrected chi connectivity index (χ0v) is 10.6. The number of likely N-dealkylation sites (tertiary alicyclic amines) is 1. The second-order valence-electron chi connectivity index (χ2n) is 4.43. The minimum atomic E-state index is 0.626. The van der Waals surface area contributed by atoms with Crippen molar-refractivity contribution in [1.82, 2.24) is 9.88 Å². The maximum Gasteiger partial charge on any atom is 0.0940 e. The monoisotopic (exact) mass is 239 g/mol. The van der Waals surface area contributed by atoms with E-state index in [-0.39, 0.29) is 0 Å². The molecule has 1 aromatic rings. The molecule has 1 aromatic heterocycles. The Balaban J connectivity index is 1.77. The van der Waals surface area contributed by atoms with Gasteiger partial charge in [0.05, 0.1) is 5.01 Å². The van der Waals surface area contributed by atoms with Crippen molar-refractivity contribution in [1.29, 1.82) is 0 Å². The summed E-state index contributed by atoms with van der Waals surface area (Å²) in [5.41, 5.74) is 5.58. The zero-order valence-electron chi connectivity index (χ0n) is 9.82. The summed E-state index contributed by atoms with van der Waals surface area (Å²) in [6, 6.07) is 0. The smallest absolute Gasteiger partial charge is 0.0940 e. The predicted molar refractivity (Wildman–Crippen MR) is 68.6 cm³/mol. The van der Waals surface area contributed by atoms with E-state index in [2.05, 4.69) is 9.88 Å². The fourth-order valence-corrected chi connectivity index (χ4v) is 2.96. The molecule has 90 valence electrons. The van der Waals surface area contributed by atoms with Crippen molar-refractivity contribution >= 4 is 11.3 Å². The first-order valence-electron chi connectivity index (χ1n) is 6.24. The van der Waals surface area contributed by atoms with Crippen LogP contribution in [0.2, 0.25) is 0 Å². The van der Waals surface area contributed by atoms with Crippen molar-refractivity contribution in [3.05, 3.63) is 16.1 Å². The molecule has 4 heteroatoms. The van der Waals surface area contributed by atoms with Gasteiger partial charge in [0.25, 0.3) is 0 Å². The summed E-state index contributed by atoms with van der Waals surface area (Å²) >= 11 is 1.76. The van der Waals surface area contributed by atoms with Crippen LogP contribution in [0.5, 0.6) is 0 Å². The van der Waals surface area contributed by atoms with Crippen LogP contribution in [0, 0.1) is 0 Å². The van der Waals surface area contributed by atoms with Gasteiger partial charge in [-0.3, -0.25) is 0 Å². The van der Waals surface area contributed by atoms with Crippen LogP contribution in [0.4, 0.5) is 0 Å². The molecule has 2 N–H and O–H groups in total. The summed E-state index contributed by atoms with van der Waals surface area (Å²) in [7, 11) is 0. The molecule has 1 aliphatic rings. The van der Waals surface area contributed by atoms with E-state index < -0.39 is 0 Å². The summed E-state index contributed by atoms with van der Waals surface area (Å²) in [5.74, 6) is 0. The Labute approximate surface area is 102 Å². The maximum absolute atomic E-state index is 5.58. The van der Waals surface area contributed by atoms with Gasteiger partial charge in [0.15, 0.2) is 0 Å². The van der Waals surface area contributed by atoms with Gasteiger partial charge >= 0.3 is 0 Å². The zero-order chi connectivity index (χ0) is 11.2. The lowest BCUT2D eigenvalue weighted by Crippen LogP contribution is -2.26. The van der Waals surface area contributed by atoms with Crippen LogP contribution < -0.4 is 5.73 Å². The van der Waals surface area contributed by atoms with E-state index in [1.807, 2.05) is 6.20 Å². The van der Waals surface area contributed by atoms with Gasteiger partial charge in [-0.25, -0.2) is 4.98 Å². The Hall–Kier alpha value is -0.450. The molecule has 1 aliphatic heterocycles. The lowest BCUT2D eigenvalue weighted by molar-refractivity contribution is 0.288. The number of thiazole rings is 1. The molecule has 0 aliphatic carbocycles. The van der Waals surface area contributed by atoms with E-state index in [1.54, 1.807) is 11.3 Å². The van der Waals surface area contributed by atoms with E-state index in [9.17, 15) is 0 Å². The van der Waals surface area contributed by atoms with Crippen molar-refractivity contribution in [2.45, 2.75) is 38.6 Å². The van der Waals surface area contributed by atoms with Crippen molar-refractivity contribution in [3.63, 3.8) is 0 Å². The summed E-state index contributed by atoms with van der Waals surface area (Å²) in [5, 5.41) is 1.24. The van der Waals surface area contributed by atoms with Gasteiger partial charge in [-0.05, 0) is 25.9 Å².